The first-order chi connectivity index (χ1) is 5.61. The fourth-order valence-electron chi connectivity index (χ4n) is 1.08. The van der Waals surface area contributed by atoms with Gasteiger partial charge in [0.2, 0.25) is 0 Å². The normalized spacial score (nSPS) is 13.3. The smallest absolute Gasteiger partial charge is 0.115 e. The maximum Gasteiger partial charge on any atom is 0.115 e. The van der Waals surface area contributed by atoms with Gasteiger partial charge in [-0.1, -0.05) is 26.0 Å². The Morgan fingerprint density at radius 1 is 1.17 bits per heavy atom. The zero-order valence-electron chi connectivity index (χ0n) is 7.49. The highest BCUT2D eigenvalue weighted by atomic mass is 16.3. The van der Waals surface area contributed by atoms with E-state index in [0.29, 0.717) is 5.92 Å². The summed E-state index contributed by atoms with van der Waals surface area (Å²) in [5.74, 6) is 0.712. The molecule has 1 aromatic carbocycles. The highest BCUT2D eigenvalue weighted by Gasteiger charge is 2.09. The average molecular weight is 165 g/mol. The Labute approximate surface area is 73.0 Å². The standard InChI is InChI=1S/C10H15NO/c1-7(2)10(11)8-3-5-9(12)6-4-8/h3-7,10,12H,11H2,1-2H3. The summed E-state index contributed by atoms with van der Waals surface area (Å²) < 4.78 is 0. The Morgan fingerprint density at radius 3 is 2.08 bits per heavy atom. The van der Waals surface area contributed by atoms with Gasteiger partial charge in [-0.15, -0.1) is 0 Å². The summed E-state index contributed by atoms with van der Waals surface area (Å²) in [5.41, 5.74) is 6.98. The number of rotatable bonds is 2. The van der Waals surface area contributed by atoms with Crippen LogP contribution in [0.25, 0.3) is 0 Å². The fourth-order valence-corrected chi connectivity index (χ4v) is 1.08. The third kappa shape index (κ3) is 1.98. The van der Waals surface area contributed by atoms with E-state index in [1.807, 2.05) is 12.1 Å². The summed E-state index contributed by atoms with van der Waals surface area (Å²) in [5, 5.41) is 9.04. The third-order valence-electron chi connectivity index (χ3n) is 2.00. The molecule has 0 aliphatic rings. The molecule has 0 aliphatic carbocycles. The lowest BCUT2D eigenvalue weighted by molar-refractivity contribution is 0.473. The van der Waals surface area contributed by atoms with Crippen LogP contribution in [0.15, 0.2) is 24.3 Å². The van der Waals surface area contributed by atoms with Gasteiger partial charge in [-0.2, -0.15) is 0 Å². The van der Waals surface area contributed by atoms with Gasteiger partial charge in [0.25, 0.3) is 0 Å². The van der Waals surface area contributed by atoms with Gasteiger partial charge in [0.15, 0.2) is 0 Å². The van der Waals surface area contributed by atoms with Gasteiger partial charge in [0.05, 0.1) is 0 Å². The van der Waals surface area contributed by atoms with Crippen molar-refractivity contribution in [3.63, 3.8) is 0 Å². The first-order valence-electron chi connectivity index (χ1n) is 4.16. The molecule has 66 valence electrons. The molecule has 2 heteroatoms. The van der Waals surface area contributed by atoms with E-state index >= 15 is 0 Å². The SMILES string of the molecule is CC(C)C(N)c1ccc(O)cc1. The van der Waals surface area contributed by atoms with E-state index < -0.39 is 0 Å². The highest BCUT2D eigenvalue weighted by molar-refractivity contribution is 5.27. The fraction of sp³-hybridized carbons (Fsp3) is 0.400. The van der Waals surface area contributed by atoms with E-state index in [1.165, 1.54) is 0 Å². The molecule has 12 heavy (non-hydrogen) atoms. The van der Waals surface area contributed by atoms with Crippen molar-refractivity contribution in [3.8, 4) is 5.75 Å². The van der Waals surface area contributed by atoms with Crippen molar-refractivity contribution < 1.29 is 5.11 Å². The van der Waals surface area contributed by atoms with Crippen LogP contribution < -0.4 is 5.73 Å². The molecule has 1 rings (SSSR count). The topological polar surface area (TPSA) is 46.2 Å². The Morgan fingerprint density at radius 2 is 1.67 bits per heavy atom. The lowest BCUT2D eigenvalue weighted by Crippen LogP contribution is -2.16. The van der Waals surface area contributed by atoms with Crippen molar-refractivity contribution >= 4 is 0 Å². The molecule has 0 amide bonds. The lowest BCUT2D eigenvalue weighted by atomic mass is 9.97. The van der Waals surface area contributed by atoms with Crippen molar-refractivity contribution in [3.05, 3.63) is 29.8 Å². The molecule has 0 aromatic heterocycles. The summed E-state index contributed by atoms with van der Waals surface area (Å²) in [6.07, 6.45) is 0. The van der Waals surface area contributed by atoms with E-state index in [9.17, 15) is 0 Å². The van der Waals surface area contributed by atoms with Crippen LogP contribution in [-0.4, -0.2) is 5.11 Å². The van der Waals surface area contributed by atoms with Crippen molar-refractivity contribution in [2.24, 2.45) is 11.7 Å². The molecule has 0 saturated carbocycles. The van der Waals surface area contributed by atoms with Crippen LogP contribution in [0.5, 0.6) is 5.75 Å². The molecule has 1 aromatic rings. The van der Waals surface area contributed by atoms with Crippen LogP contribution >= 0.6 is 0 Å². The Kier molecular flexibility index (Phi) is 2.71. The second-order valence-corrected chi connectivity index (χ2v) is 3.36. The van der Waals surface area contributed by atoms with Crippen LogP contribution in [-0.2, 0) is 0 Å². The molecule has 0 spiro atoms. The molecule has 0 heterocycles. The van der Waals surface area contributed by atoms with E-state index in [4.69, 9.17) is 10.8 Å². The maximum atomic E-state index is 9.04. The highest BCUT2D eigenvalue weighted by Crippen LogP contribution is 2.20. The molecule has 2 nitrogen and oxygen atoms in total. The monoisotopic (exact) mass is 165 g/mol. The molecule has 0 fully saturated rings. The van der Waals surface area contributed by atoms with Crippen LogP contribution in [0, 0.1) is 5.92 Å². The zero-order chi connectivity index (χ0) is 9.14. The molecule has 0 radical (unpaired) electrons. The van der Waals surface area contributed by atoms with Crippen molar-refractivity contribution in [1.82, 2.24) is 0 Å². The minimum Gasteiger partial charge on any atom is -0.508 e. The van der Waals surface area contributed by atoms with E-state index in [2.05, 4.69) is 13.8 Å². The molecular formula is C10H15NO. The van der Waals surface area contributed by atoms with Crippen LogP contribution in [0.1, 0.15) is 25.5 Å². The van der Waals surface area contributed by atoms with Crippen LogP contribution in [0.3, 0.4) is 0 Å². The van der Waals surface area contributed by atoms with E-state index in [-0.39, 0.29) is 11.8 Å². The van der Waals surface area contributed by atoms with Gasteiger partial charge in [0, 0.05) is 6.04 Å². The summed E-state index contributed by atoms with van der Waals surface area (Å²) in [7, 11) is 0. The number of phenolic OH excluding ortho intramolecular Hbond substituents is 1. The predicted molar refractivity (Wildman–Crippen MR) is 49.9 cm³/mol. The first kappa shape index (κ1) is 9.07. The number of hydrogen-bond donors (Lipinski definition) is 2. The minimum absolute atomic E-state index is 0.0607. The van der Waals surface area contributed by atoms with Crippen molar-refractivity contribution in [2.45, 2.75) is 19.9 Å². The zero-order valence-corrected chi connectivity index (χ0v) is 7.49. The lowest BCUT2D eigenvalue weighted by Gasteiger charge is -2.15. The first-order valence-corrected chi connectivity index (χ1v) is 4.16. The minimum atomic E-state index is 0.0607. The summed E-state index contributed by atoms with van der Waals surface area (Å²) in [6.45, 7) is 4.16. The van der Waals surface area contributed by atoms with E-state index in [0.717, 1.165) is 5.56 Å². The molecule has 0 saturated heterocycles. The van der Waals surface area contributed by atoms with E-state index in [1.54, 1.807) is 12.1 Å². The molecule has 3 N–H and O–H groups in total. The summed E-state index contributed by atoms with van der Waals surface area (Å²) in [6, 6.07) is 7.11. The quantitative estimate of drug-likeness (QED) is 0.704. The van der Waals surface area contributed by atoms with Gasteiger partial charge < -0.3 is 10.8 Å². The van der Waals surface area contributed by atoms with Crippen LogP contribution in [0.4, 0.5) is 0 Å². The Hall–Kier alpha value is -1.02. The van der Waals surface area contributed by atoms with Crippen molar-refractivity contribution in [1.29, 1.82) is 0 Å². The summed E-state index contributed by atoms with van der Waals surface area (Å²) in [4.78, 5) is 0. The molecule has 0 aliphatic heterocycles. The van der Waals surface area contributed by atoms with Crippen molar-refractivity contribution in [2.75, 3.05) is 0 Å². The second kappa shape index (κ2) is 3.59. The number of phenols is 1. The van der Waals surface area contributed by atoms with Gasteiger partial charge in [0.1, 0.15) is 5.75 Å². The molecular weight excluding hydrogens is 150 g/mol. The van der Waals surface area contributed by atoms with Gasteiger partial charge >= 0.3 is 0 Å². The number of benzene rings is 1. The predicted octanol–water partition coefficient (Wildman–Crippen LogP) is 2.05. The average Bonchev–Trinajstić information content (AvgIpc) is 2.04. The molecule has 1 unspecified atom stereocenters. The van der Waals surface area contributed by atoms with Crippen LogP contribution in [0.2, 0.25) is 0 Å². The van der Waals surface area contributed by atoms with Gasteiger partial charge in [-0.25, -0.2) is 0 Å². The Balaban J connectivity index is 2.82. The second-order valence-electron chi connectivity index (χ2n) is 3.36. The number of nitrogens with two attached hydrogens (primary N) is 1. The van der Waals surface area contributed by atoms with Gasteiger partial charge in [-0.3, -0.25) is 0 Å². The number of aromatic hydroxyl groups is 1. The molecule has 0 bridgehead atoms. The van der Waals surface area contributed by atoms with Gasteiger partial charge in [-0.05, 0) is 23.6 Å². The Bertz CT molecular complexity index is 241. The molecule has 1 atom stereocenters. The largest absolute Gasteiger partial charge is 0.508 e. The maximum absolute atomic E-state index is 9.04. The number of hydrogen-bond acceptors (Lipinski definition) is 2. The third-order valence-corrected chi connectivity index (χ3v) is 2.00. The summed E-state index contributed by atoms with van der Waals surface area (Å²) >= 11 is 0.